The van der Waals surface area contributed by atoms with E-state index in [1.807, 2.05) is 0 Å². The van der Waals surface area contributed by atoms with Crippen LogP contribution in [0.5, 0.6) is 0 Å². The smallest absolute Gasteiger partial charge is 0.280 e. The average Bonchev–Trinajstić information content (AvgIpc) is 3.23. The molecule has 1 aromatic carbocycles. The predicted molar refractivity (Wildman–Crippen MR) is 108 cm³/mol. The van der Waals surface area contributed by atoms with Gasteiger partial charge in [0.2, 0.25) is 0 Å². The maximum absolute atomic E-state index is 13.1. The highest BCUT2D eigenvalue weighted by molar-refractivity contribution is 7.17. The molecule has 0 saturated carbocycles. The molecule has 2 aliphatic rings. The maximum Gasteiger partial charge on any atom is 0.280 e. The molecular weight excluding hydrogens is 379 g/mol. The molecule has 4 N–H and O–H groups in total. The second kappa shape index (κ2) is 7.89. The van der Waals surface area contributed by atoms with E-state index in [0.717, 1.165) is 56.7 Å². The largest absolute Gasteiger partial charge is 0.365 e. The molecule has 1 aliphatic heterocycles. The summed E-state index contributed by atoms with van der Waals surface area (Å²) in [6.07, 6.45) is 2.85. The molecule has 2 aromatic rings. The summed E-state index contributed by atoms with van der Waals surface area (Å²) in [7, 11) is 0. The number of halogens is 1. The molecule has 1 aliphatic carbocycles. The summed E-state index contributed by atoms with van der Waals surface area (Å²) in [6, 6.07) is 6.51. The van der Waals surface area contributed by atoms with Crippen LogP contribution >= 0.6 is 11.3 Å². The lowest BCUT2D eigenvalue weighted by atomic mass is 10.1. The summed E-state index contributed by atoms with van der Waals surface area (Å²) in [5.41, 5.74) is 8.08. The number of hydrogen-bond donors (Lipinski definition) is 3. The van der Waals surface area contributed by atoms with Gasteiger partial charge in [0.05, 0.1) is 31.7 Å². The average molecular weight is 404 g/mol. The SMILES string of the molecule is NC(=O)c1c(NC(=O)C[NH+]2CCN(c3ccc(F)cc3)CC2)sc2c1CCC2. The maximum atomic E-state index is 13.1. The summed E-state index contributed by atoms with van der Waals surface area (Å²) in [5, 5.41) is 3.52. The summed E-state index contributed by atoms with van der Waals surface area (Å²) in [4.78, 5) is 29.0. The number of rotatable bonds is 5. The van der Waals surface area contributed by atoms with Crippen molar-refractivity contribution >= 4 is 33.8 Å². The monoisotopic (exact) mass is 403 g/mol. The fourth-order valence-electron chi connectivity index (χ4n) is 4.06. The first-order valence-electron chi connectivity index (χ1n) is 9.59. The number of carbonyl (C=O) groups excluding carboxylic acids is 2. The van der Waals surface area contributed by atoms with E-state index in [1.54, 1.807) is 12.1 Å². The van der Waals surface area contributed by atoms with Crippen molar-refractivity contribution in [1.29, 1.82) is 0 Å². The van der Waals surface area contributed by atoms with Crippen LogP contribution in [-0.4, -0.2) is 44.5 Å². The van der Waals surface area contributed by atoms with Gasteiger partial charge in [-0.3, -0.25) is 9.59 Å². The molecule has 4 rings (SSSR count). The number of aryl methyl sites for hydroxylation is 1. The standard InChI is InChI=1S/C20H23FN4O2S/c21-13-4-6-14(7-5-13)25-10-8-24(9-11-25)12-17(26)23-20-18(19(22)27)15-2-1-3-16(15)28-20/h4-7H,1-3,8-12H2,(H2,22,27)(H,23,26)/p+1. The highest BCUT2D eigenvalue weighted by atomic mass is 32.1. The second-order valence-corrected chi connectivity index (χ2v) is 8.47. The van der Waals surface area contributed by atoms with E-state index in [2.05, 4.69) is 10.2 Å². The molecule has 2 heterocycles. The third kappa shape index (κ3) is 3.88. The van der Waals surface area contributed by atoms with E-state index < -0.39 is 5.91 Å². The Bertz CT molecular complexity index is 888. The number of hydrogen-bond acceptors (Lipinski definition) is 4. The first-order valence-corrected chi connectivity index (χ1v) is 10.4. The zero-order chi connectivity index (χ0) is 19.7. The molecule has 28 heavy (non-hydrogen) atoms. The van der Waals surface area contributed by atoms with Gasteiger partial charge in [0, 0.05) is 10.6 Å². The molecule has 0 atom stereocenters. The summed E-state index contributed by atoms with van der Waals surface area (Å²) < 4.78 is 13.1. The fourth-order valence-corrected chi connectivity index (χ4v) is 5.37. The van der Waals surface area contributed by atoms with Gasteiger partial charge in [-0.05, 0) is 49.1 Å². The van der Waals surface area contributed by atoms with E-state index in [1.165, 1.54) is 33.2 Å². The van der Waals surface area contributed by atoms with Gasteiger partial charge >= 0.3 is 0 Å². The zero-order valence-electron chi connectivity index (χ0n) is 15.6. The third-order valence-electron chi connectivity index (χ3n) is 5.49. The van der Waals surface area contributed by atoms with Crippen LogP contribution in [-0.2, 0) is 17.6 Å². The lowest BCUT2D eigenvalue weighted by Gasteiger charge is -2.33. The van der Waals surface area contributed by atoms with Gasteiger partial charge < -0.3 is 20.9 Å². The Labute approximate surface area is 167 Å². The number of nitrogens with two attached hydrogens (primary N) is 1. The Kier molecular flexibility index (Phi) is 5.32. The van der Waals surface area contributed by atoms with E-state index >= 15 is 0 Å². The molecular formula is C20H24FN4O2S+. The Hall–Kier alpha value is -2.45. The lowest BCUT2D eigenvalue weighted by Crippen LogP contribution is -3.15. The number of carbonyl (C=O) groups is 2. The predicted octanol–water partition coefficient (Wildman–Crippen LogP) is 0.818. The van der Waals surface area contributed by atoms with Crippen LogP contribution in [0.3, 0.4) is 0 Å². The van der Waals surface area contributed by atoms with Crippen molar-refractivity contribution < 1.29 is 18.9 Å². The first kappa shape index (κ1) is 18.9. The lowest BCUT2D eigenvalue weighted by molar-refractivity contribution is -0.892. The second-order valence-electron chi connectivity index (χ2n) is 7.36. The summed E-state index contributed by atoms with van der Waals surface area (Å²) in [5.74, 6) is -0.790. The topological polar surface area (TPSA) is 79.9 Å². The molecule has 8 heteroatoms. The highest BCUT2D eigenvalue weighted by Crippen LogP contribution is 2.38. The van der Waals surface area contributed by atoms with E-state index in [9.17, 15) is 14.0 Å². The van der Waals surface area contributed by atoms with Crippen LogP contribution in [0, 0.1) is 5.82 Å². The number of amides is 2. The minimum Gasteiger partial charge on any atom is -0.365 e. The summed E-state index contributed by atoms with van der Waals surface area (Å²) >= 11 is 1.49. The third-order valence-corrected chi connectivity index (χ3v) is 6.70. The highest BCUT2D eigenvalue weighted by Gasteiger charge is 2.28. The Morgan fingerprint density at radius 2 is 1.89 bits per heavy atom. The molecule has 2 amide bonds. The van der Waals surface area contributed by atoms with Crippen molar-refractivity contribution in [1.82, 2.24) is 0 Å². The molecule has 0 spiro atoms. The van der Waals surface area contributed by atoms with Crippen molar-refractivity contribution in [2.45, 2.75) is 19.3 Å². The van der Waals surface area contributed by atoms with Gasteiger partial charge in [-0.15, -0.1) is 11.3 Å². The number of nitrogens with zero attached hydrogens (tertiary/aromatic N) is 1. The Morgan fingerprint density at radius 3 is 2.57 bits per heavy atom. The van der Waals surface area contributed by atoms with Gasteiger partial charge in [0.25, 0.3) is 11.8 Å². The van der Waals surface area contributed by atoms with Gasteiger partial charge in [-0.1, -0.05) is 0 Å². The molecule has 1 saturated heterocycles. The summed E-state index contributed by atoms with van der Waals surface area (Å²) in [6.45, 7) is 3.64. The molecule has 148 valence electrons. The zero-order valence-corrected chi connectivity index (χ0v) is 16.4. The van der Waals surface area contributed by atoms with E-state index in [0.29, 0.717) is 17.1 Å². The van der Waals surface area contributed by atoms with Crippen LogP contribution in [0.2, 0.25) is 0 Å². The van der Waals surface area contributed by atoms with Gasteiger partial charge in [-0.25, -0.2) is 4.39 Å². The first-order chi connectivity index (χ1) is 13.5. The number of fused-ring (bicyclic) bond motifs is 1. The number of anilines is 2. The molecule has 0 bridgehead atoms. The van der Waals surface area contributed by atoms with Crippen LogP contribution in [0.1, 0.15) is 27.2 Å². The van der Waals surface area contributed by atoms with Crippen molar-refractivity contribution in [3.63, 3.8) is 0 Å². The molecule has 1 aromatic heterocycles. The number of quaternary nitrogens is 1. The number of thiophene rings is 1. The van der Waals surface area contributed by atoms with Crippen LogP contribution in [0.15, 0.2) is 24.3 Å². The van der Waals surface area contributed by atoms with Crippen molar-refractivity contribution in [2.75, 3.05) is 42.9 Å². The van der Waals surface area contributed by atoms with Crippen molar-refractivity contribution in [2.24, 2.45) is 5.73 Å². The Morgan fingerprint density at radius 1 is 1.18 bits per heavy atom. The molecule has 1 fully saturated rings. The van der Waals surface area contributed by atoms with Crippen LogP contribution in [0.25, 0.3) is 0 Å². The Balaban J connectivity index is 1.33. The minimum atomic E-state index is -0.463. The van der Waals surface area contributed by atoms with Crippen molar-refractivity contribution in [3.8, 4) is 0 Å². The van der Waals surface area contributed by atoms with Crippen LogP contribution < -0.4 is 20.9 Å². The van der Waals surface area contributed by atoms with E-state index in [-0.39, 0.29) is 11.7 Å². The molecule has 0 radical (unpaired) electrons. The number of primary amides is 1. The number of benzene rings is 1. The van der Waals surface area contributed by atoms with Gasteiger partial charge in [0.15, 0.2) is 6.54 Å². The molecule has 6 nitrogen and oxygen atoms in total. The molecule has 0 unspecified atom stereocenters. The van der Waals surface area contributed by atoms with Crippen molar-refractivity contribution in [3.05, 3.63) is 46.1 Å². The number of nitrogens with one attached hydrogen (secondary N) is 2. The quantitative estimate of drug-likeness (QED) is 0.692. The van der Waals surface area contributed by atoms with E-state index in [4.69, 9.17) is 5.73 Å². The normalized spacial score (nSPS) is 16.8. The number of piperazine rings is 1. The fraction of sp³-hybridized carbons (Fsp3) is 0.400. The van der Waals surface area contributed by atoms with Crippen LogP contribution in [0.4, 0.5) is 15.1 Å². The minimum absolute atomic E-state index is 0.0901. The van der Waals surface area contributed by atoms with Gasteiger partial charge in [0.1, 0.15) is 10.8 Å². The van der Waals surface area contributed by atoms with Gasteiger partial charge in [-0.2, -0.15) is 0 Å².